The number of halogens is 3. The Morgan fingerprint density at radius 1 is 1.16 bits per heavy atom. The first-order valence-electron chi connectivity index (χ1n) is 5.86. The summed E-state index contributed by atoms with van der Waals surface area (Å²) in [6.07, 6.45) is -0.147. The smallest absolute Gasteiger partial charge is 0.137 e. The molecule has 0 aliphatic carbocycles. The van der Waals surface area contributed by atoms with Crippen LogP contribution in [0.2, 0.25) is 0 Å². The maximum atomic E-state index is 13.2. The number of hydrogen-bond donors (Lipinski definition) is 1. The molecule has 0 aliphatic rings. The lowest BCUT2D eigenvalue weighted by atomic mass is 9.98. The summed E-state index contributed by atoms with van der Waals surface area (Å²) < 4.78 is 14.6. The minimum atomic E-state index is -0.602. The number of benzene rings is 2. The lowest BCUT2D eigenvalue weighted by Gasteiger charge is -2.15. The molecule has 2 aromatic rings. The highest BCUT2D eigenvalue weighted by Gasteiger charge is 2.13. The Balaban J connectivity index is 2.23. The zero-order valence-corrected chi connectivity index (χ0v) is 13.5. The molecular weight excluding hydrogens is 375 g/mol. The quantitative estimate of drug-likeness (QED) is 0.791. The van der Waals surface area contributed by atoms with Gasteiger partial charge in [-0.2, -0.15) is 0 Å². The van der Waals surface area contributed by atoms with Crippen molar-refractivity contribution >= 4 is 31.9 Å². The second kappa shape index (κ2) is 6.16. The molecule has 0 saturated heterocycles. The fraction of sp³-hybridized carbons (Fsp3) is 0.200. The molecule has 2 aromatic carbocycles. The van der Waals surface area contributed by atoms with Gasteiger partial charge in [0, 0.05) is 10.9 Å². The van der Waals surface area contributed by atoms with E-state index in [4.69, 9.17) is 0 Å². The van der Waals surface area contributed by atoms with Gasteiger partial charge in [0.15, 0.2) is 0 Å². The van der Waals surface area contributed by atoms with Gasteiger partial charge in [-0.15, -0.1) is 0 Å². The summed E-state index contributed by atoms with van der Waals surface area (Å²) in [6, 6.07) is 10.5. The molecule has 0 fully saturated rings. The van der Waals surface area contributed by atoms with Gasteiger partial charge in [0.2, 0.25) is 0 Å². The van der Waals surface area contributed by atoms with E-state index in [-0.39, 0.29) is 5.82 Å². The van der Waals surface area contributed by atoms with Crippen LogP contribution in [0.4, 0.5) is 4.39 Å². The zero-order valence-electron chi connectivity index (χ0n) is 10.3. The Hall–Kier alpha value is -0.710. The van der Waals surface area contributed by atoms with Crippen molar-refractivity contribution in [2.45, 2.75) is 19.4 Å². The maximum absolute atomic E-state index is 13.2. The summed E-state index contributed by atoms with van der Waals surface area (Å²) in [7, 11) is 0. The van der Waals surface area contributed by atoms with Gasteiger partial charge in [0.05, 0.1) is 10.6 Å². The van der Waals surface area contributed by atoms with Crippen LogP contribution >= 0.6 is 31.9 Å². The molecule has 1 atom stereocenters. The normalized spacial score (nSPS) is 12.5. The van der Waals surface area contributed by atoms with Gasteiger partial charge in [-0.05, 0) is 57.7 Å². The number of aliphatic hydroxyl groups is 1. The molecule has 0 aliphatic heterocycles. The van der Waals surface area contributed by atoms with Gasteiger partial charge in [0.1, 0.15) is 5.82 Å². The van der Waals surface area contributed by atoms with Crippen LogP contribution in [0.15, 0.2) is 45.3 Å². The third kappa shape index (κ3) is 3.44. The highest BCUT2D eigenvalue weighted by atomic mass is 79.9. The molecule has 19 heavy (non-hydrogen) atoms. The second-order valence-corrected chi connectivity index (χ2v) is 6.13. The maximum Gasteiger partial charge on any atom is 0.137 e. The summed E-state index contributed by atoms with van der Waals surface area (Å²) in [6.45, 7) is 1.96. The van der Waals surface area contributed by atoms with Gasteiger partial charge < -0.3 is 5.11 Å². The van der Waals surface area contributed by atoms with Crippen LogP contribution in [-0.2, 0) is 6.42 Å². The van der Waals surface area contributed by atoms with E-state index in [9.17, 15) is 9.50 Å². The molecule has 0 bridgehead atoms. The average Bonchev–Trinajstić information content (AvgIpc) is 2.37. The molecule has 1 N–H and O–H groups in total. The molecular formula is C15H13Br2FO. The molecule has 0 amide bonds. The van der Waals surface area contributed by atoms with Crippen molar-refractivity contribution in [3.05, 3.63) is 67.9 Å². The minimum Gasteiger partial charge on any atom is -0.388 e. The predicted molar refractivity (Wildman–Crippen MR) is 81.6 cm³/mol. The van der Waals surface area contributed by atoms with E-state index in [1.807, 2.05) is 25.1 Å². The van der Waals surface area contributed by atoms with Crippen LogP contribution in [0.3, 0.4) is 0 Å². The SMILES string of the molecule is Cc1c(Br)cccc1C(O)Cc1ccc(F)c(Br)c1. The van der Waals surface area contributed by atoms with Crippen molar-refractivity contribution in [3.63, 3.8) is 0 Å². The molecule has 0 saturated carbocycles. The molecule has 0 spiro atoms. The summed E-state index contributed by atoms with van der Waals surface area (Å²) in [5, 5.41) is 10.3. The van der Waals surface area contributed by atoms with Crippen LogP contribution in [0.1, 0.15) is 22.8 Å². The zero-order chi connectivity index (χ0) is 14.0. The van der Waals surface area contributed by atoms with Crippen molar-refractivity contribution in [1.29, 1.82) is 0 Å². The third-order valence-electron chi connectivity index (χ3n) is 3.08. The third-order valence-corrected chi connectivity index (χ3v) is 4.55. The van der Waals surface area contributed by atoms with Crippen molar-refractivity contribution in [2.75, 3.05) is 0 Å². The highest BCUT2D eigenvalue weighted by Crippen LogP contribution is 2.27. The van der Waals surface area contributed by atoms with Gasteiger partial charge in [-0.3, -0.25) is 0 Å². The largest absolute Gasteiger partial charge is 0.388 e. The van der Waals surface area contributed by atoms with Crippen molar-refractivity contribution < 1.29 is 9.50 Å². The molecule has 100 valence electrons. The van der Waals surface area contributed by atoms with Gasteiger partial charge in [-0.25, -0.2) is 4.39 Å². The Morgan fingerprint density at radius 3 is 2.58 bits per heavy atom. The monoisotopic (exact) mass is 386 g/mol. The highest BCUT2D eigenvalue weighted by molar-refractivity contribution is 9.10. The van der Waals surface area contributed by atoms with E-state index in [0.717, 1.165) is 21.2 Å². The first-order chi connectivity index (χ1) is 8.99. The van der Waals surface area contributed by atoms with E-state index in [1.165, 1.54) is 6.07 Å². The van der Waals surface area contributed by atoms with Crippen LogP contribution in [-0.4, -0.2) is 5.11 Å². The van der Waals surface area contributed by atoms with E-state index in [0.29, 0.717) is 10.9 Å². The number of rotatable bonds is 3. The van der Waals surface area contributed by atoms with E-state index in [1.54, 1.807) is 12.1 Å². The molecule has 2 rings (SSSR count). The van der Waals surface area contributed by atoms with Crippen molar-refractivity contribution in [1.82, 2.24) is 0 Å². The van der Waals surface area contributed by atoms with E-state index >= 15 is 0 Å². The summed E-state index contributed by atoms with van der Waals surface area (Å²) in [4.78, 5) is 0. The predicted octanol–water partition coefficient (Wildman–Crippen LogP) is 4.94. The standard InChI is InChI=1S/C15H13Br2FO/c1-9-11(3-2-4-12(9)16)15(19)8-10-5-6-14(18)13(17)7-10/h2-7,15,19H,8H2,1H3. The number of aliphatic hydroxyl groups excluding tert-OH is 1. The second-order valence-electron chi connectivity index (χ2n) is 4.42. The van der Waals surface area contributed by atoms with Gasteiger partial charge in [0.25, 0.3) is 0 Å². The first kappa shape index (κ1) is 14.7. The lowest BCUT2D eigenvalue weighted by molar-refractivity contribution is 0.177. The van der Waals surface area contributed by atoms with Crippen molar-refractivity contribution in [2.24, 2.45) is 0 Å². The van der Waals surface area contributed by atoms with E-state index in [2.05, 4.69) is 31.9 Å². The molecule has 4 heteroatoms. The molecule has 1 nitrogen and oxygen atoms in total. The van der Waals surface area contributed by atoms with Crippen molar-refractivity contribution in [3.8, 4) is 0 Å². The Bertz CT molecular complexity index is 599. The van der Waals surface area contributed by atoms with E-state index < -0.39 is 6.10 Å². The summed E-state index contributed by atoms with van der Waals surface area (Å²) in [5.74, 6) is -0.295. The fourth-order valence-electron chi connectivity index (χ4n) is 1.98. The Kier molecular flexibility index (Phi) is 4.76. The fourth-order valence-corrected chi connectivity index (χ4v) is 2.79. The number of hydrogen-bond acceptors (Lipinski definition) is 1. The lowest BCUT2D eigenvalue weighted by Crippen LogP contribution is -2.04. The van der Waals surface area contributed by atoms with Gasteiger partial charge in [-0.1, -0.05) is 34.1 Å². The van der Waals surface area contributed by atoms with Gasteiger partial charge >= 0.3 is 0 Å². The van der Waals surface area contributed by atoms with Crippen LogP contribution in [0, 0.1) is 12.7 Å². The Labute approximate surface area is 128 Å². The molecule has 1 unspecified atom stereocenters. The van der Waals surface area contributed by atoms with Crippen LogP contribution in [0.5, 0.6) is 0 Å². The van der Waals surface area contributed by atoms with Crippen LogP contribution < -0.4 is 0 Å². The first-order valence-corrected chi connectivity index (χ1v) is 7.44. The van der Waals surface area contributed by atoms with Crippen LogP contribution in [0.25, 0.3) is 0 Å². The summed E-state index contributed by atoms with van der Waals surface area (Å²) in [5.41, 5.74) is 2.80. The minimum absolute atomic E-state index is 0.295. The average molecular weight is 388 g/mol. The Morgan fingerprint density at radius 2 is 1.89 bits per heavy atom. The molecule has 0 heterocycles. The topological polar surface area (TPSA) is 20.2 Å². The summed E-state index contributed by atoms with van der Waals surface area (Å²) >= 11 is 6.61. The molecule has 0 aromatic heterocycles. The molecule has 0 radical (unpaired) electrons.